The monoisotopic (exact) mass is 253 g/mol. The van der Waals surface area contributed by atoms with Gasteiger partial charge in [0, 0.05) is 6.42 Å². The normalized spacial score (nSPS) is 10.8. The third kappa shape index (κ3) is 8.00. The minimum absolute atomic E-state index is 0.430. The average Bonchev–Trinajstić information content (AvgIpc) is 2.10. The molecule has 0 aromatic carbocycles. The molecule has 96 valence electrons. The quantitative estimate of drug-likeness (QED) is 0.692. The van der Waals surface area contributed by atoms with Crippen LogP contribution in [0.4, 0.5) is 13.2 Å². The van der Waals surface area contributed by atoms with Crippen molar-refractivity contribution in [2.75, 3.05) is 0 Å². The van der Waals surface area contributed by atoms with Crippen molar-refractivity contribution in [1.82, 2.24) is 5.32 Å². The van der Waals surface area contributed by atoms with Crippen LogP contribution in [0.5, 0.6) is 0 Å². The van der Waals surface area contributed by atoms with Gasteiger partial charge in [0.25, 0.3) is 0 Å². The molecule has 1 amide bonds. The van der Waals surface area contributed by atoms with Crippen molar-refractivity contribution in [3.8, 4) is 0 Å². The highest BCUT2D eigenvalue weighted by Gasteiger charge is 2.31. The summed E-state index contributed by atoms with van der Waals surface area (Å²) in [4.78, 5) is 32.0. The number of allylic oxidation sites excluding steroid dienone is 1. The lowest BCUT2D eigenvalue weighted by Gasteiger charge is -2.08. The molecule has 0 radical (unpaired) electrons. The smallest absolute Gasteiger partial charge is 0.397 e. The molecular weight excluding hydrogens is 243 g/mol. The molecule has 0 heterocycles. The number of ketones is 1. The van der Waals surface area contributed by atoms with Crippen LogP contribution in [0.2, 0.25) is 0 Å². The van der Waals surface area contributed by atoms with Gasteiger partial charge in [-0.25, -0.2) is 0 Å². The van der Waals surface area contributed by atoms with Crippen LogP contribution in [-0.4, -0.2) is 28.9 Å². The predicted octanol–water partition coefficient (Wildman–Crippen LogP) is 1.00. The molecule has 0 atom stereocenters. The van der Waals surface area contributed by atoms with Crippen molar-refractivity contribution in [2.45, 2.75) is 25.4 Å². The Morgan fingerprint density at radius 2 is 1.71 bits per heavy atom. The fourth-order valence-corrected chi connectivity index (χ4v) is 0.836. The van der Waals surface area contributed by atoms with E-state index in [-0.39, 0.29) is 0 Å². The van der Waals surface area contributed by atoms with E-state index < -0.39 is 48.8 Å². The van der Waals surface area contributed by atoms with E-state index in [1.807, 2.05) is 0 Å². The maximum Gasteiger partial charge on any atom is 0.397 e. The molecule has 5 nitrogen and oxygen atoms in total. The molecule has 0 fully saturated rings. The molecule has 0 saturated heterocycles. The summed E-state index contributed by atoms with van der Waals surface area (Å²) in [7, 11) is 0. The van der Waals surface area contributed by atoms with Crippen molar-refractivity contribution >= 4 is 17.7 Å². The van der Waals surface area contributed by atoms with Crippen LogP contribution in [-0.2, 0) is 14.4 Å². The number of alkyl halides is 3. The van der Waals surface area contributed by atoms with Gasteiger partial charge in [-0.15, -0.1) is 0 Å². The first kappa shape index (κ1) is 15.1. The molecule has 0 aliphatic carbocycles. The van der Waals surface area contributed by atoms with Gasteiger partial charge in [-0.3, -0.25) is 14.4 Å². The Bertz CT molecular complexity index is 349. The van der Waals surface area contributed by atoms with Gasteiger partial charge in [0.15, 0.2) is 5.78 Å². The van der Waals surface area contributed by atoms with Crippen LogP contribution in [0.25, 0.3) is 0 Å². The zero-order valence-electron chi connectivity index (χ0n) is 8.63. The molecule has 8 heteroatoms. The Morgan fingerprint density at radius 3 is 2.12 bits per heavy atom. The van der Waals surface area contributed by atoms with Gasteiger partial charge >= 0.3 is 12.1 Å². The largest absolute Gasteiger partial charge is 0.481 e. The van der Waals surface area contributed by atoms with E-state index in [0.29, 0.717) is 0 Å². The highest BCUT2D eigenvalue weighted by Crippen LogP contribution is 2.19. The third-order valence-corrected chi connectivity index (χ3v) is 1.55. The van der Waals surface area contributed by atoms with Gasteiger partial charge in [-0.2, -0.15) is 13.2 Å². The summed E-state index contributed by atoms with van der Waals surface area (Å²) in [6, 6.07) is 0. The van der Waals surface area contributed by atoms with E-state index in [0.717, 1.165) is 0 Å². The number of aliphatic carboxylic acids is 1. The third-order valence-electron chi connectivity index (χ3n) is 1.55. The molecule has 0 bridgehead atoms. The zero-order chi connectivity index (χ0) is 13.6. The van der Waals surface area contributed by atoms with Crippen LogP contribution in [0, 0.1) is 0 Å². The molecule has 0 aliphatic heterocycles. The number of carboxylic acids is 1. The summed E-state index contributed by atoms with van der Waals surface area (Å²) >= 11 is 0. The van der Waals surface area contributed by atoms with E-state index in [1.54, 1.807) is 5.32 Å². The van der Waals surface area contributed by atoms with Crippen LogP contribution in [0.1, 0.15) is 19.3 Å². The number of carbonyl (C=O) groups is 3. The summed E-state index contributed by atoms with van der Waals surface area (Å²) < 4.78 is 35.3. The molecule has 0 aromatic rings. The summed E-state index contributed by atoms with van der Waals surface area (Å²) in [5.74, 6) is -3.46. The van der Waals surface area contributed by atoms with E-state index in [9.17, 15) is 27.6 Å². The minimum Gasteiger partial charge on any atom is -0.481 e. The molecule has 0 saturated carbocycles. The van der Waals surface area contributed by atoms with E-state index in [2.05, 4.69) is 6.58 Å². The van der Waals surface area contributed by atoms with Crippen LogP contribution < -0.4 is 5.32 Å². The highest BCUT2D eigenvalue weighted by molar-refractivity contribution is 5.99. The molecule has 17 heavy (non-hydrogen) atoms. The Balaban J connectivity index is 4.13. The molecule has 0 aliphatic rings. The number of halogens is 3. The summed E-state index contributed by atoms with van der Waals surface area (Å²) in [5.41, 5.74) is -0.541. The van der Waals surface area contributed by atoms with Gasteiger partial charge in [-0.1, -0.05) is 6.58 Å². The average molecular weight is 253 g/mol. The lowest BCUT2D eigenvalue weighted by Crippen LogP contribution is -2.30. The van der Waals surface area contributed by atoms with Crippen LogP contribution >= 0.6 is 0 Å². The minimum atomic E-state index is -4.67. The van der Waals surface area contributed by atoms with Crippen LogP contribution in [0.15, 0.2) is 12.3 Å². The number of Topliss-reactive ketones (excluding diaryl/α,β-unsaturated/α-hetero) is 1. The van der Waals surface area contributed by atoms with Crippen molar-refractivity contribution < 1.29 is 32.7 Å². The standard InChI is InChI=1S/C9H10F3NO4/c1-5(6(14)2-3-8(16)17)13-7(15)4-9(10,11)12/h1-4H2,(H,13,15)(H,16,17). The molecule has 0 unspecified atom stereocenters. The Kier molecular flexibility index (Phi) is 5.36. The highest BCUT2D eigenvalue weighted by atomic mass is 19.4. The van der Waals surface area contributed by atoms with Crippen molar-refractivity contribution in [3.63, 3.8) is 0 Å². The molecular formula is C9H10F3NO4. The molecule has 0 rings (SSSR count). The van der Waals surface area contributed by atoms with Gasteiger partial charge in [0.05, 0.1) is 12.1 Å². The molecule has 0 aromatic heterocycles. The first-order chi connectivity index (χ1) is 7.61. The predicted molar refractivity (Wildman–Crippen MR) is 49.8 cm³/mol. The number of hydrogen-bond donors (Lipinski definition) is 2. The summed E-state index contributed by atoms with van der Waals surface area (Å²) in [6.45, 7) is 3.06. The van der Waals surface area contributed by atoms with Crippen molar-refractivity contribution in [1.29, 1.82) is 0 Å². The second-order valence-corrected chi connectivity index (χ2v) is 3.14. The van der Waals surface area contributed by atoms with E-state index in [4.69, 9.17) is 5.11 Å². The fourth-order valence-electron chi connectivity index (χ4n) is 0.836. The SMILES string of the molecule is C=C(NC(=O)CC(F)(F)F)C(=O)CCC(=O)O. The molecule has 2 N–H and O–H groups in total. The lowest BCUT2D eigenvalue weighted by molar-refractivity contribution is -0.153. The topological polar surface area (TPSA) is 83.5 Å². The summed E-state index contributed by atoms with van der Waals surface area (Å²) in [5, 5.41) is 9.92. The van der Waals surface area contributed by atoms with Crippen LogP contribution in [0.3, 0.4) is 0 Å². The Hall–Kier alpha value is -1.86. The second-order valence-electron chi connectivity index (χ2n) is 3.14. The summed E-state index contributed by atoms with van der Waals surface area (Å²) in [6.07, 6.45) is -7.31. The first-order valence-corrected chi connectivity index (χ1v) is 4.42. The van der Waals surface area contributed by atoms with Crippen molar-refractivity contribution in [2.24, 2.45) is 0 Å². The lowest BCUT2D eigenvalue weighted by atomic mass is 10.2. The number of carboxylic acid groups (broad SMARTS) is 1. The number of amides is 1. The second kappa shape index (κ2) is 6.02. The number of carbonyl (C=O) groups excluding carboxylic acids is 2. The number of nitrogens with one attached hydrogen (secondary N) is 1. The first-order valence-electron chi connectivity index (χ1n) is 4.42. The van der Waals surface area contributed by atoms with Crippen molar-refractivity contribution in [3.05, 3.63) is 12.3 Å². The maximum absolute atomic E-state index is 11.8. The van der Waals surface area contributed by atoms with Gasteiger partial charge < -0.3 is 10.4 Å². The van der Waals surface area contributed by atoms with E-state index in [1.165, 1.54) is 0 Å². The Labute approximate surface area is 94.3 Å². The molecule has 0 spiro atoms. The zero-order valence-corrected chi connectivity index (χ0v) is 8.63. The van der Waals surface area contributed by atoms with Gasteiger partial charge in [-0.05, 0) is 0 Å². The fraction of sp³-hybridized carbons (Fsp3) is 0.444. The van der Waals surface area contributed by atoms with Gasteiger partial charge in [0.2, 0.25) is 5.91 Å². The number of hydrogen-bond acceptors (Lipinski definition) is 3. The Morgan fingerprint density at radius 1 is 1.18 bits per heavy atom. The maximum atomic E-state index is 11.8. The van der Waals surface area contributed by atoms with Gasteiger partial charge in [0.1, 0.15) is 6.42 Å². The number of rotatable bonds is 6. The van der Waals surface area contributed by atoms with E-state index >= 15 is 0 Å².